The predicted molar refractivity (Wildman–Crippen MR) is 81.8 cm³/mol. The minimum atomic E-state index is -1.66. The zero-order valence-electron chi connectivity index (χ0n) is 12.9. The first-order valence-electron chi connectivity index (χ1n) is 7.01. The lowest BCUT2D eigenvalue weighted by atomic mass is 9.86. The summed E-state index contributed by atoms with van der Waals surface area (Å²) in [5.74, 6) is -0.407. The molecule has 23 heavy (non-hydrogen) atoms. The highest BCUT2D eigenvalue weighted by Gasteiger charge is 2.42. The predicted octanol–water partition coefficient (Wildman–Crippen LogP) is 1.73. The summed E-state index contributed by atoms with van der Waals surface area (Å²) >= 11 is 0. The first-order valence-corrected chi connectivity index (χ1v) is 7.01. The third-order valence-corrected chi connectivity index (χ3v) is 3.70. The van der Waals surface area contributed by atoms with Crippen molar-refractivity contribution in [1.29, 1.82) is 0 Å². The molecule has 0 fully saturated rings. The number of carbonyl (C=O) groups is 2. The van der Waals surface area contributed by atoms with E-state index in [9.17, 15) is 19.8 Å². The first-order chi connectivity index (χ1) is 10.9. The molecule has 0 saturated heterocycles. The normalized spacial score (nSPS) is 16.4. The number of aliphatic hydroxyl groups is 1. The lowest BCUT2D eigenvalue weighted by molar-refractivity contribution is -0.112. The Morgan fingerprint density at radius 3 is 2.09 bits per heavy atom. The van der Waals surface area contributed by atoms with Gasteiger partial charge in [0.15, 0.2) is 17.2 Å². The van der Waals surface area contributed by atoms with E-state index in [0.717, 1.165) is 0 Å². The van der Waals surface area contributed by atoms with Crippen LogP contribution < -0.4 is 0 Å². The van der Waals surface area contributed by atoms with Crippen molar-refractivity contribution in [2.45, 2.75) is 18.4 Å². The van der Waals surface area contributed by atoms with Crippen LogP contribution in [0, 0.1) is 0 Å². The molecule has 6 nitrogen and oxygen atoms in total. The maximum Gasteiger partial charge on any atom is 0.185 e. The van der Waals surface area contributed by atoms with E-state index >= 15 is 0 Å². The Morgan fingerprint density at radius 2 is 1.61 bits per heavy atom. The number of allylic oxidation sites excluding steroid dienone is 2. The summed E-state index contributed by atoms with van der Waals surface area (Å²) in [5.41, 5.74) is -1.24. The molecule has 0 aromatic heterocycles. The molecule has 2 N–H and O–H groups in total. The summed E-state index contributed by atoms with van der Waals surface area (Å²) < 4.78 is 10.2. The van der Waals surface area contributed by atoms with Gasteiger partial charge in [0.25, 0.3) is 0 Å². The smallest absolute Gasteiger partial charge is 0.185 e. The van der Waals surface area contributed by atoms with Crippen molar-refractivity contribution in [1.82, 2.24) is 0 Å². The first kappa shape index (κ1) is 16.8. The number of phenols is 1. The molecular formula is C17H18O6. The van der Waals surface area contributed by atoms with Gasteiger partial charge in [0, 0.05) is 24.1 Å². The van der Waals surface area contributed by atoms with Gasteiger partial charge in [0.05, 0.1) is 14.2 Å². The van der Waals surface area contributed by atoms with Gasteiger partial charge >= 0.3 is 0 Å². The molecule has 0 amide bonds. The van der Waals surface area contributed by atoms with Crippen molar-refractivity contribution in [3.63, 3.8) is 0 Å². The third kappa shape index (κ3) is 3.43. The second-order valence-electron chi connectivity index (χ2n) is 5.16. The lowest BCUT2D eigenvalue weighted by Crippen LogP contribution is -2.39. The van der Waals surface area contributed by atoms with E-state index < -0.39 is 5.60 Å². The Hall–Kier alpha value is -2.60. The van der Waals surface area contributed by atoms with Crippen LogP contribution in [0.5, 0.6) is 5.75 Å². The SMILES string of the molecule is COC1=CC(=O)C=C(OC)C1(O)CCC(=O)c1ccc(O)cc1. The average Bonchev–Trinajstić information content (AvgIpc) is 2.55. The van der Waals surface area contributed by atoms with Crippen LogP contribution in [0.15, 0.2) is 47.9 Å². The van der Waals surface area contributed by atoms with E-state index in [4.69, 9.17) is 9.47 Å². The number of ether oxygens (including phenoxy) is 2. The van der Waals surface area contributed by atoms with E-state index in [1.165, 1.54) is 50.6 Å². The van der Waals surface area contributed by atoms with Crippen LogP contribution >= 0.6 is 0 Å². The number of rotatable bonds is 6. The molecule has 122 valence electrons. The van der Waals surface area contributed by atoms with Crippen LogP contribution in [-0.4, -0.2) is 41.6 Å². The van der Waals surface area contributed by atoms with E-state index in [1.807, 2.05) is 0 Å². The van der Waals surface area contributed by atoms with Gasteiger partial charge in [-0.3, -0.25) is 9.59 Å². The van der Waals surface area contributed by atoms with E-state index in [2.05, 4.69) is 0 Å². The standard InChI is InChI=1S/C17H18O6/c1-22-15-9-13(19)10-16(23-2)17(15,21)8-7-14(20)11-3-5-12(18)6-4-11/h3-6,9-10,18,21H,7-8H2,1-2H3. The highest BCUT2D eigenvalue weighted by Crippen LogP contribution is 2.35. The Labute approximate surface area is 133 Å². The number of aromatic hydroxyl groups is 1. The molecule has 0 bridgehead atoms. The van der Waals surface area contributed by atoms with Crippen LogP contribution in [0.4, 0.5) is 0 Å². The number of Topliss-reactive ketones (excluding diaryl/α,β-unsaturated/α-hetero) is 1. The van der Waals surface area contributed by atoms with Gasteiger partial charge in [0.2, 0.25) is 0 Å². The molecule has 0 saturated carbocycles. The summed E-state index contributed by atoms with van der Waals surface area (Å²) in [7, 11) is 2.68. The number of hydrogen-bond acceptors (Lipinski definition) is 6. The Bertz CT molecular complexity index is 645. The molecule has 0 radical (unpaired) electrons. The van der Waals surface area contributed by atoms with Crippen molar-refractivity contribution >= 4 is 11.6 Å². The Morgan fingerprint density at radius 1 is 1.09 bits per heavy atom. The largest absolute Gasteiger partial charge is 0.508 e. The third-order valence-electron chi connectivity index (χ3n) is 3.70. The highest BCUT2D eigenvalue weighted by atomic mass is 16.5. The van der Waals surface area contributed by atoms with Crippen LogP contribution in [0.2, 0.25) is 0 Å². The quantitative estimate of drug-likeness (QED) is 0.776. The molecule has 1 aromatic rings. The number of methoxy groups -OCH3 is 2. The van der Waals surface area contributed by atoms with Gasteiger partial charge < -0.3 is 19.7 Å². The van der Waals surface area contributed by atoms with Gasteiger partial charge in [-0.1, -0.05) is 0 Å². The molecule has 0 spiro atoms. The summed E-state index contributed by atoms with van der Waals surface area (Å²) in [6.45, 7) is 0. The van der Waals surface area contributed by atoms with E-state index in [0.29, 0.717) is 5.56 Å². The fourth-order valence-electron chi connectivity index (χ4n) is 2.45. The Balaban J connectivity index is 2.17. The maximum absolute atomic E-state index is 12.2. The van der Waals surface area contributed by atoms with Gasteiger partial charge in [-0.05, 0) is 30.7 Å². The second kappa shape index (κ2) is 6.66. The summed E-state index contributed by atoms with van der Waals surface area (Å²) in [6, 6.07) is 5.85. The molecule has 6 heteroatoms. The zero-order chi connectivity index (χ0) is 17.0. The van der Waals surface area contributed by atoms with Gasteiger partial charge in [-0.25, -0.2) is 0 Å². The number of carbonyl (C=O) groups excluding carboxylic acids is 2. The van der Waals surface area contributed by atoms with E-state index in [-0.39, 0.29) is 41.7 Å². The number of phenolic OH excluding ortho intramolecular Hbond substituents is 1. The van der Waals surface area contributed by atoms with Crippen molar-refractivity contribution in [2.24, 2.45) is 0 Å². The molecule has 1 aliphatic carbocycles. The molecular weight excluding hydrogens is 300 g/mol. The molecule has 1 aliphatic rings. The second-order valence-corrected chi connectivity index (χ2v) is 5.16. The van der Waals surface area contributed by atoms with Crippen molar-refractivity contribution in [2.75, 3.05) is 14.2 Å². The summed E-state index contributed by atoms with van der Waals surface area (Å²) in [5, 5.41) is 20.1. The maximum atomic E-state index is 12.2. The van der Waals surface area contributed by atoms with Gasteiger partial charge in [-0.2, -0.15) is 0 Å². The van der Waals surface area contributed by atoms with E-state index in [1.54, 1.807) is 0 Å². The topological polar surface area (TPSA) is 93.1 Å². The van der Waals surface area contributed by atoms with Gasteiger partial charge in [-0.15, -0.1) is 0 Å². The van der Waals surface area contributed by atoms with Crippen molar-refractivity contribution in [3.05, 3.63) is 53.5 Å². The summed E-state index contributed by atoms with van der Waals surface area (Å²) in [4.78, 5) is 23.8. The molecule has 0 atom stereocenters. The van der Waals surface area contributed by atoms with Crippen molar-refractivity contribution in [3.8, 4) is 5.75 Å². The molecule has 0 heterocycles. The minimum Gasteiger partial charge on any atom is -0.508 e. The van der Waals surface area contributed by atoms with Gasteiger partial charge in [0.1, 0.15) is 17.3 Å². The fraction of sp³-hybridized carbons (Fsp3) is 0.294. The Kier molecular flexibility index (Phi) is 4.86. The molecule has 1 aromatic carbocycles. The monoisotopic (exact) mass is 318 g/mol. The molecule has 0 aliphatic heterocycles. The number of benzene rings is 1. The number of hydrogen-bond donors (Lipinski definition) is 2. The fourth-order valence-corrected chi connectivity index (χ4v) is 2.45. The highest BCUT2D eigenvalue weighted by molar-refractivity contribution is 6.02. The minimum absolute atomic E-state index is 0.000658. The summed E-state index contributed by atoms with van der Waals surface area (Å²) in [6.07, 6.45) is 2.36. The van der Waals surface area contributed by atoms with Crippen molar-refractivity contribution < 1.29 is 29.3 Å². The average molecular weight is 318 g/mol. The number of ketones is 2. The van der Waals surface area contributed by atoms with Crippen LogP contribution in [0.3, 0.4) is 0 Å². The lowest BCUT2D eigenvalue weighted by Gasteiger charge is -2.32. The zero-order valence-corrected chi connectivity index (χ0v) is 12.9. The molecule has 0 unspecified atom stereocenters. The van der Waals surface area contributed by atoms with Crippen LogP contribution in [0.1, 0.15) is 23.2 Å². The van der Waals surface area contributed by atoms with Crippen LogP contribution in [-0.2, 0) is 14.3 Å². The molecule has 2 rings (SSSR count). The van der Waals surface area contributed by atoms with Crippen LogP contribution in [0.25, 0.3) is 0 Å².